The molecule has 0 aliphatic carbocycles. The number of halogens is 3. The van der Waals surface area contributed by atoms with Gasteiger partial charge in [-0.2, -0.15) is 18.4 Å². The average Bonchev–Trinajstić information content (AvgIpc) is 2.24. The molecule has 0 aromatic heterocycles. The lowest BCUT2D eigenvalue weighted by atomic mass is 10.1. The molecule has 0 aromatic rings. The highest BCUT2D eigenvalue weighted by Crippen LogP contribution is 2.25. The first-order valence-electron chi connectivity index (χ1n) is 5.40. The number of nitrogens with zero attached hydrogens (tertiary/aromatic N) is 1. The first-order valence-corrected chi connectivity index (χ1v) is 5.40. The van der Waals surface area contributed by atoms with Crippen LogP contribution in [0.25, 0.3) is 0 Å². The Hall–Kier alpha value is -1.50. The van der Waals surface area contributed by atoms with Gasteiger partial charge in [0.2, 0.25) is 0 Å². The van der Waals surface area contributed by atoms with Crippen LogP contribution in [0, 0.1) is 11.3 Å². The van der Waals surface area contributed by atoms with Crippen molar-refractivity contribution in [2.45, 2.75) is 39.3 Å². The highest BCUT2D eigenvalue weighted by atomic mass is 19.4. The predicted octanol–water partition coefficient (Wildman–Crippen LogP) is 4.69. The molecule has 0 heterocycles. The van der Waals surface area contributed by atoms with E-state index in [0.29, 0.717) is 5.57 Å². The number of allylic oxidation sites excluding steroid dienone is 6. The van der Waals surface area contributed by atoms with E-state index in [1.807, 2.05) is 19.1 Å². The van der Waals surface area contributed by atoms with E-state index in [4.69, 9.17) is 5.26 Å². The first-order chi connectivity index (χ1) is 7.91. The fourth-order valence-electron chi connectivity index (χ4n) is 0.993. The van der Waals surface area contributed by atoms with Crippen molar-refractivity contribution in [1.82, 2.24) is 0 Å². The molecule has 0 amide bonds. The SMILES string of the molecule is CCC/C=C/C(=C\C=C(/C)C(F)(F)F)CC#N. The normalized spacial score (nSPS) is 14.1. The third-order valence-corrected chi connectivity index (χ3v) is 2.06. The predicted molar refractivity (Wildman–Crippen MR) is 62.2 cm³/mol. The fourth-order valence-corrected chi connectivity index (χ4v) is 0.993. The lowest BCUT2D eigenvalue weighted by Gasteiger charge is -2.04. The zero-order chi connectivity index (χ0) is 13.3. The Labute approximate surface area is 99.9 Å². The van der Waals surface area contributed by atoms with E-state index in [0.717, 1.165) is 25.8 Å². The van der Waals surface area contributed by atoms with Crippen molar-refractivity contribution in [1.29, 1.82) is 5.26 Å². The van der Waals surface area contributed by atoms with Gasteiger partial charge in [0.05, 0.1) is 12.5 Å². The Morgan fingerprint density at radius 3 is 2.41 bits per heavy atom. The monoisotopic (exact) mass is 243 g/mol. The summed E-state index contributed by atoms with van der Waals surface area (Å²) in [6.07, 6.45) is 3.54. The zero-order valence-corrected chi connectivity index (χ0v) is 10.0. The van der Waals surface area contributed by atoms with Gasteiger partial charge in [-0.3, -0.25) is 0 Å². The molecule has 0 saturated carbocycles. The summed E-state index contributed by atoms with van der Waals surface area (Å²) in [7, 11) is 0. The van der Waals surface area contributed by atoms with Gasteiger partial charge in [-0.05, 0) is 18.9 Å². The highest BCUT2D eigenvalue weighted by Gasteiger charge is 2.29. The van der Waals surface area contributed by atoms with Gasteiger partial charge < -0.3 is 0 Å². The summed E-state index contributed by atoms with van der Waals surface area (Å²) in [5.74, 6) is 0. The lowest BCUT2D eigenvalue weighted by molar-refractivity contribution is -0.0912. The summed E-state index contributed by atoms with van der Waals surface area (Å²) in [4.78, 5) is 0. The summed E-state index contributed by atoms with van der Waals surface area (Å²) in [6.45, 7) is 3.02. The number of alkyl halides is 3. The van der Waals surface area contributed by atoms with E-state index in [9.17, 15) is 13.2 Å². The van der Waals surface area contributed by atoms with Crippen LogP contribution in [0.3, 0.4) is 0 Å². The zero-order valence-electron chi connectivity index (χ0n) is 10.0. The third-order valence-electron chi connectivity index (χ3n) is 2.06. The largest absolute Gasteiger partial charge is 0.412 e. The summed E-state index contributed by atoms with van der Waals surface area (Å²) in [5.41, 5.74) is -0.0821. The van der Waals surface area contributed by atoms with Crippen molar-refractivity contribution < 1.29 is 13.2 Å². The molecule has 0 N–H and O–H groups in total. The van der Waals surface area contributed by atoms with Crippen molar-refractivity contribution in [2.75, 3.05) is 0 Å². The molecule has 0 aliphatic heterocycles. The van der Waals surface area contributed by atoms with Crippen LogP contribution < -0.4 is 0 Å². The van der Waals surface area contributed by atoms with Crippen LogP contribution in [-0.2, 0) is 0 Å². The minimum atomic E-state index is -4.30. The van der Waals surface area contributed by atoms with Gasteiger partial charge in [-0.25, -0.2) is 0 Å². The molecule has 0 saturated heterocycles. The molecule has 0 atom stereocenters. The Kier molecular flexibility index (Phi) is 7.04. The van der Waals surface area contributed by atoms with Crippen molar-refractivity contribution in [3.8, 4) is 6.07 Å². The number of unbranched alkanes of at least 4 members (excludes halogenated alkanes) is 1. The molecular formula is C13H16F3N. The molecule has 0 fully saturated rings. The minimum Gasteiger partial charge on any atom is -0.198 e. The fraction of sp³-hybridized carbons (Fsp3) is 0.462. The maximum Gasteiger partial charge on any atom is 0.412 e. The highest BCUT2D eigenvalue weighted by molar-refractivity contribution is 5.28. The molecular weight excluding hydrogens is 227 g/mol. The van der Waals surface area contributed by atoms with E-state index in [2.05, 4.69) is 0 Å². The molecule has 0 aromatic carbocycles. The van der Waals surface area contributed by atoms with Crippen LogP contribution in [0.5, 0.6) is 0 Å². The summed E-state index contributed by atoms with van der Waals surface area (Å²) in [5, 5.41) is 8.55. The summed E-state index contributed by atoms with van der Waals surface area (Å²) < 4.78 is 36.6. The Balaban J connectivity index is 4.78. The molecule has 17 heavy (non-hydrogen) atoms. The van der Waals surface area contributed by atoms with E-state index in [1.54, 1.807) is 6.08 Å². The van der Waals surface area contributed by atoms with Crippen LogP contribution >= 0.6 is 0 Å². The molecule has 0 rings (SSSR count). The standard InChI is InChI=1S/C13H16F3N/c1-3-4-5-6-12(9-10-17)8-7-11(2)13(14,15)16/h5-8H,3-4,9H2,1-2H3/b6-5+,11-7+,12-8+. The Bertz CT molecular complexity index is 354. The van der Waals surface area contributed by atoms with Crippen molar-refractivity contribution in [3.63, 3.8) is 0 Å². The second-order valence-corrected chi connectivity index (χ2v) is 3.61. The number of hydrogen-bond acceptors (Lipinski definition) is 1. The smallest absolute Gasteiger partial charge is 0.198 e. The van der Waals surface area contributed by atoms with E-state index in [1.165, 1.54) is 6.08 Å². The first kappa shape index (κ1) is 15.5. The van der Waals surface area contributed by atoms with Crippen LogP contribution in [-0.4, -0.2) is 6.18 Å². The molecule has 0 radical (unpaired) electrons. The topological polar surface area (TPSA) is 23.8 Å². The van der Waals surface area contributed by atoms with Gasteiger partial charge in [0, 0.05) is 5.57 Å². The molecule has 4 heteroatoms. The van der Waals surface area contributed by atoms with Gasteiger partial charge in [0.1, 0.15) is 0 Å². The van der Waals surface area contributed by atoms with E-state index in [-0.39, 0.29) is 6.42 Å². The van der Waals surface area contributed by atoms with Gasteiger partial charge in [-0.1, -0.05) is 37.6 Å². The maximum atomic E-state index is 12.2. The van der Waals surface area contributed by atoms with Gasteiger partial charge >= 0.3 is 6.18 Å². The third kappa shape index (κ3) is 7.40. The second-order valence-electron chi connectivity index (χ2n) is 3.61. The number of nitriles is 1. The quantitative estimate of drug-likeness (QED) is 0.642. The molecule has 0 unspecified atom stereocenters. The van der Waals surface area contributed by atoms with Crippen LogP contribution in [0.1, 0.15) is 33.1 Å². The lowest BCUT2D eigenvalue weighted by Crippen LogP contribution is -2.08. The van der Waals surface area contributed by atoms with Crippen molar-refractivity contribution in [2.24, 2.45) is 0 Å². The van der Waals surface area contributed by atoms with E-state index < -0.39 is 11.7 Å². The van der Waals surface area contributed by atoms with Crippen molar-refractivity contribution >= 4 is 0 Å². The molecule has 0 spiro atoms. The average molecular weight is 243 g/mol. The Morgan fingerprint density at radius 1 is 1.29 bits per heavy atom. The molecule has 0 bridgehead atoms. The Morgan fingerprint density at radius 2 is 1.94 bits per heavy atom. The minimum absolute atomic E-state index is 0.113. The maximum absolute atomic E-state index is 12.2. The van der Waals surface area contributed by atoms with Crippen LogP contribution in [0.2, 0.25) is 0 Å². The van der Waals surface area contributed by atoms with Gasteiger partial charge in [-0.15, -0.1) is 0 Å². The number of hydrogen-bond donors (Lipinski definition) is 0. The molecule has 1 nitrogen and oxygen atoms in total. The summed E-state index contributed by atoms with van der Waals surface area (Å²) >= 11 is 0. The molecule has 0 aliphatic rings. The number of rotatable bonds is 5. The van der Waals surface area contributed by atoms with Gasteiger partial charge in [0.25, 0.3) is 0 Å². The van der Waals surface area contributed by atoms with Gasteiger partial charge in [0.15, 0.2) is 0 Å². The van der Waals surface area contributed by atoms with Crippen molar-refractivity contribution in [3.05, 3.63) is 35.5 Å². The summed E-state index contributed by atoms with van der Waals surface area (Å²) in [6, 6.07) is 1.93. The molecule has 94 valence electrons. The van der Waals surface area contributed by atoms with E-state index >= 15 is 0 Å². The van der Waals surface area contributed by atoms with Crippen LogP contribution in [0.4, 0.5) is 13.2 Å². The second kappa shape index (κ2) is 7.72. The van der Waals surface area contributed by atoms with Crippen LogP contribution in [0.15, 0.2) is 35.5 Å².